The highest BCUT2D eigenvalue weighted by molar-refractivity contribution is 9.10. The van der Waals surface area contributed by atoms with Crippen molar-refractivity contribution < 1.29 is 4.79 Å². The molecule has 1 heterocycles. The molecule has 4 heteroatoms. The molecule has 2 N–H and O–H groups in total. The largest absolute Gasteiger partial charge is 0.348 e. The maximum atomic E-state index is 12.2. The topological polar surface area (TPSA) is 41.1 Å². The number of amides is 1. The van der Waals surface area contributed by atoms with E-state index in [0.717, 1.165) is 28.7 Å². The van der Waals surface area contributed by atoms with Crippen molar-refractivity contribution >= 4 is 21.8 Å². The molecule has 108 valence electrons. The van der Waals surface area contributed by atoms with Gasteiger partial charge in [0.25, 0.3) is 5.91 Å². The third kappa shape index (κ3) is 3.17. The van der Waals surface area contributed by atoms with E-state index in [1.165, 1.54) is 11.1 Å². The number of aryl methyl sites for hydroxylation is 1. The van der Waals surface area contributed by atoms with Gasteiger partial charge in [0.15, 0.2) is 0 Å². The molecule has 2 aromatic carbocycles. The summed E-state index contributed by atoms with van der Waals surface area (Å²) in [5.41, 5.74) is 5.62. The molecule has 0 aromatic heterocycles. The summed E-state index contributed by atoms with van der Waals surface area (Å²) in [7, 11) is 0. The Hall–Kier alpha value is -1.65. The van der Waals surface area contributed by atoms with Crippen LogP contribution in [-0.4, -0.2) is 5.91 Å². The predicted octanol–water partition coefficient (Wildman–Crippen LogP) is 3.29. The lowest BCUT2D eigenvalue weighted by Gasteiger charge is -2.09. The molecule has 0 unspecified atom stereocenters. The summed E-state index contributed by atoms with van der Waals surface area (Å²) in [6, 6.07) is 12.1. The van der Waals surface area contributed by atoms with Gasteiger partial charge in [-0.2, -0.15) is 0 Å². The molecular formula is C17H17BrN2O. The van der Waals surface area contributed by atoms with Gasteiger partial charge in [-0.05, 0) is 57.2 Å². The second-order valence-electron chi connectivity index (χ2n) is 5.37. The fraction of sp³-hybridized carbons (Fsp3) is 0.235. The Morgan fingerprint density at radius 3 is 2.81 bits per heavy atom. The van der Waals surface area contributed by atoms with Crippen LogP contribution in [0.1, 0.15) is 32.6 Å². The number of rotatable bonds is 3. The van der Waals surface area contributed by atoms with Crippen LogP contribution in [0.5, 0.6) is 0 Å². The second-order valence-corrected chi connectivity index (χ2v) is 6.23. The van der Waals surface area contributed by atoms with Crippen molar-refractivity contribution in [3.05, 3.63) is 68.7 Å². The Balaban J connectivity index is 1.68. The standard InChI is InChI=1S/C17H17BrN2O/c1-11-2-5-15(16(18)6-11)17(21)20-8-12-3-4-13-9-19-10-14(13)7-12/h2-7,19H,8-10H2,1H3,(H,20,21). The summed E-state index contributed by atoms with van der Waals surface area (Å²) in [5.74, 6) is -0.0551. The molecule has 2 aromatic rings. The van der Waals surface area contributed by atoms with Gasteiger partial charge in [0, 0.05) is 24.1 Å². The maximum absolute atomic E-state index is 12.2. The summed E-state index contributed by atoms with van der Waals surface area (Å²) in [6.07, 6.45) is 0. The van der Waals surface area contributed by atoms with E-state index in [9.17, 15) is 4.79 Å². The van der Waals surface area contributed by atoms with Gasteiger partial charge in [-0.25, -0.2) is 0 Å². The third-order valence-corrected chi connectivity index (χ3v) is 4.38. The minimum atomic E-state index is -0.0551. The summed E-state index contributed by atoms with van der Waals surface area (Å²) in [4.78, 5) is 12.2. The average Bonchev–Trinajstić information content (AvgIpc) is 2.92. The quantitative estimate of drug-likeness (QED) is 0.896. The van der Waals surface area contributed by atoms with Crippen molar-refractivity contribution in [3.8, 4) is 0 Å². The van der Waals surface area contributed by atoms with E-state index < -0.39 is 0 Å². The fourth-order valence-electron chi connectivity index (χ4n) is 2.54. The molecule has 0 fully saturated rings. The molecule has 1 amide bonds. The monoisotopic (exact) mass is 344 g/mol. The van der Waals surface area contributed by atoms with E-state index in [2.05, 4.69) is 44.8 Å². The number of hydrogen-bond acceptors (Lipinski definition) is 2. The molecule has 0 atom stereocenters. The van der Waals surface area contributed by atoms with Gasteiger partial charge in [-0.1, -0.05) is 24.3 Å². The normalized spacial score (nSPS) is 13.0. The minimum absolute atomic E-state index is 0.0551. The van der Waals surface area contributed by atoms with Crippen LogP contribution in [0.4, 0.5) is 0 Å². The highest BCUT2D eigenvalue weighted by atomic mass is 79.9. The molecular weight excluding hydrogens is 328 g/mol. The lowest BCUT2D eigenvalue weighted by molar-refractivity contribution is 0.0950. The number of carbonyl (C=O) groups is 1. The first-order chi connectivity index (χ1) is 10.1. The second kappa shape index (κ2) is 6.00. The van der Waals surface area contributed by atoms with Gasteiger partial charge in [0.05, 0.1) is 5.56 Å². The van der Waals surface area contributed by atoms with E-state index >= 15 is 0 Å². The molecule has 0 saturated heterocycles. The Morgan fingerprint density at radius 1 is 1.19 bits per heavy atom. The summed E-state index contributed by atoms with van der Waals surface area (Å²) >= 11 is 3.45. The minimum Gasteiger partial charge on any atom is -0.348 e. The van der Waals surface area contributed by atoms with Gasteiger partial charge in [-0.15, -0.1) is 0 Å². The molecule has 0 aliphatic carbocycles. The first-order valence-electron chi connectivity index (χ1n) is 6.99. The van der Waals surface area contributed by atoms with Crippen molar-refractivity contribution in [3.63, 3.8) is 0 Å². The molecule has 21 heavy (non-hydrogen) atoms. The number of halogens is 1. The van der Waals surface area contributed by atoms with Gasteiger partial charge >= 0.3 is 0 Å². The zero-order chi connectivity index (χ0) is 14.8. The van der Waals surface area contributed by atoms with Crippen LogP contribution in [0.2, 0.25) is 0 Å². The molecule has 0 bridgehead atoms. The van der Waals surface area contributed by atoms with Crippen molar-refractivity contribution in [2.75, 3.05) is 0 Å². The van der Waals surface area contributed by atoms with Crippen LogP contribution in [0.3, 0.4) is 0 Å². The highest BCUT2D eigenvalue weighted by Crippen LogP contribution is 2.19. The molecule has 0 radical (unpaired) electrons. The van der Waals surface area contributed by atoms with E-state index in [-0.39, 0.29) is 5.91 Å². The highest BCUT2D eigenvalue weighted by Gasteiger charge is 2.12. The van der Waals surface area contributed by atoms with E-state index in [0.29, 0.717) is 12.1 Å². The average molecular weight is 345 g/mol. The Labute approximate surface area is 132 Å². The Kier molecular flexibility index (Phi) is 4.08. The number of fused-ring (bicyclic) bond motifs is 1. The molecule has 0 saturated carbocycles. The van der Waals surface area contributed by atoms with Crippen LogP contribution < -0.4 is 10.6 Å². The van der Waals surface area contributed by atoms with Crippen molar-refractivity contribution in [2.24, 2.45) is 0 Å². The summed E-state index contributed by atoms with van der Waals surface area (Å²) in [5, 5.41) is 6.30. The summed E-state index contributed by atoms with van der Waals surface area (Å²) in [6.45, 7) is 4.41. The van der Waals surface area contributed by atoms with Crippen LogP contribution in [0.25, 0.3) is 0 Å². The lowest BCUT2D eigenvalue weighted by atomic mass is 10.1. The number of benzene rings is 2. The Morgan fingerprint density at radius 2 is 2.00 bits per heavy atom. The first-order valence-corrected chi connectivity index (χ1v) is 7.78. The number of hydrogen-bond donors (Lipinski definition) is 2. The zero-order valence-corrected chi connectivity index (χ0v) is 13.5. The van der Waals surface area contributed by atoms with Crippen LogP contribution in [0, 0.1) is 6.92 Å². The maximum Gasteiger partial charge on any atom is 0.252 e. The summed E-state index contributed by atoms with van der Waals surface area (Å²) < 4.78 is 0.832. The van der Waals surface area contributed by atoms with Crippen molar-refractivity contribution in [1.82, 2.24) is 10.6 Å². The van der Waals surface area contributed by atoms with E-state index in [1.807, 2.05) is 25.1 Å². The van der Waals surface area contributed by atoms with Crippen molar-refractivity contribution in [1.29, 1.82) is 0 Å². The van der Waals surface area contributed by atoms with Crippen LogP contribution >= 0.6 is 15.9 Å². The van der Waals surface area contributed by atoms with E-state index in [1.54, 1.807) is 0 Å². The van der Waals surface area contributed by atoms with E-state index in [4.69, 9.17) is 0 Å². The first kappa shape index (κ1) is 14.3. The molecule has 0 spiro atoms. The molecule has 1 aliphatic rings. The Bertz CT molecular complexity index is 697. The smallest absolute Gasteiger partial charge is 0.252 e. The SMILES string of the molecule is Cc1ccc(C(=O)NCc2ccc3c(c2)CNC3)c(Br)c1. The number of nitrogens with one attached hydrogen (secondary N) is 2. The molecule has 3 rings (SSSR count). The van der Waals surface area contributed by atoms with Crippen molar-refractivity contribution in [2.45, 2.75) is 26.6 Å². The molecule has 1 aliphatic heterocycles. The fourth-order valence-corrected chi connectivity index (χ4v) is 3.21. The lowest BCUT2D eigenvalue weighted by Crippen LogP contribution is -2.23. The van der Waals surface area contributed by atoms with Gasteiger partial charge in [0.1, 0.15) is 0 Å². The third-order valence-electron chi connectivity index (χ3n) is 3.72. The van der Waals surface area contributed by atoms with Crippen LogP contribution in [-0.2, 0) is 19.6 Å². The molecule has 3 nitrogen and oxygen atoms in total. The predicted molar refractivity (Wildman–Crippen MR) is 87.0 cm³/mol. The van der Waals surface area contributed by atoms with Crippen LogP contribution in [0.15, 0.2) is 40.9 Å². The zero-order valence-electron chi connectivity index (χ0n) is 11.9. The van der Waals surface area contributed by atoms with Gasteiger partial charge < -0.3 is 10.6 Å². The van der Waals surface area contributed by atoms with Gasteiger partial charge in [-0.3, -0.25) is 4.79 Å². The number of carbonyl (C=O) groups excluding carboxylic acids is 1. The van der Waals surface area contributed by atoms with Gasteiger partial charge in [0.2, 0.25) is 0 Å².